The second-order valence-electron chi connectivity index (χ2n) is 6.90. The molecule has 6 heteroatoms. The fourth-order valence-electron chi connectivity index (χ4n) is 3.67. The molecule has 0 aromatic heterocycles. The first-order chi connectivity index (χ1) is 12.2. The number of esters is 2. The van der Waals surface area contributed by atoms with Gasteiger partial charge in [0, 0.05) is 12.3 Å². The highest BCUT2D eigenvalue weighted by Gasteiger charge is 2.57. The van der Waals surface area contributed by atoms with E-state index in [9.17, 15) is 19.5 Å². The van der Waals surface area contributed by atoms with Crippen LogP contribution >= 0.6 is 0 Å². The number of aliphatic hydroxyl groups is 1. The van der Waals surface area contributed by atoms with Crippen LogP contribution in [-0.2, 0) is 23.9 Å². The highest BCUT2D eigenvalue weighted by Crippen LogP contribution is 2.46. The number of hydrogen-bond donors (Lipinski definition) is 1. The van der Waals surface area contributed by atoms with Gasteiger partial charge in [-0.15, -0.1) is 0 Å². The molecule has 1 aromatic rings. The predicted octanol–water partition coefficient (Wildman–Crippen LogP) is 2.16. The average molecular weight is 362 g/mol. The third-order valence-electron chi connectivity index (χ3n) is 4.81. The number of aryl methyl sites for hydroxylation is 1. The summed E-state index contributed by atoms with van der Waals surface area (Å²) in [6, 6.07) is 7.22. The second-order valence-corrected chi connectivity index (χ2v) is 6.90. The van der Waals surface area contributed by atoms with Crippen LogP contribution < -0.4 is 0 Å². The van der Waals surface area contributed by atoms with Gasteiger partial charge in [0.15, 0.2) is 5.78 Å². The van der Waals surface area contributed by atoms with E-state index in [1.54, 1.807) is 26.0 Å². The Hall–Kier alpha value is -2.21. The zero-order chi connectivity index (χ0) is 19.5. The van der Waals surface area contributed by atoms with Crippen LogP contribution in [0, 0.1) is 18.8 Å². The third-order valence-corrected chi connectivity index (χ3v) is 4.81. The van der Waals surface area contributed by atoms with Crippen LogP contribution in [0.25, 0.3) is 0 Å². The van der Waals surface area contributed by atoms with Crippen LogP contribution in [0.5, 0.6) is 0 Å². The van der Waals surface area contributed by atoms with Crippen molar-refractivity contribution < 1.29 is 29.0 Å². The van der Waals surface area contributed by atoms with Gasteiger partial charge in [-0.05, 0) is 33.3 Å². The summed E-state index contributed by atoms with van der Waals surface area (Å²) >= 11 is 0. The van der Waals surface area contributed by atoms with Crippen molar-refractivity contribution in [3.8, 4) is 0 Å². The monoisotopic (exact) mass is 362 g/mol. The fourth-order valence-corrected chi connectivity index (χ4v) is 3.67. The summed E-state index contributed by atoms with van der Waals surface area (Å²) in [4.78, 5) is 37.9. The Labute approximate surface area is 153 Å². The summed E-state index contributed by atoms with van der Waals surface area (Å²) in [5.41, 5.74) is 0.0186. The van der Waals surface area contributed by atoms with Gasteiger partial charge < -0.3 is 14.6 Å². The van der Waals surface area contributed by atoms with Gasteiger partial charge in [-0.25, -0.2) is 0 Å². The van der Waals surface area contributed by atoms with E-state index in [1.165, 1.54) is 6.92 Å². The molecule has 0 bridgehead atoms. The van der Waals surface area contributed by atoms with Crippen molar-refractivity contribution in [3.63, 3.8) is 0 Å². The van der Waals surface area contributed by atoms with E-state index >= 15 is 0 Å². The fraction of sp³-hybridized carbons (Fsp3) is 0.550. The molecule has 0 amide bonds. The quantitative estimate of drug-likeness (QED) is 0.638. The number of carbonyl (C=O) groups is 3. The maximum absolute atomic E-state index is 12.7. The summed E-state index contributed by atoms with van der Waals surface area (Å²) < 4.78 is 10.2. The molecule has 1 aliphatic rings. The molecule has 1 aromatic carbocycles. The molecule has 0 aliphatic heterocycles. The molecule has 1 N–H and O–H groups in total. The minimum atomic E-state index is -1.61. The average Bonchev–Trinajstić information content (AvgIpc) is 2.54. The Bertz CT molecular complexity index is 676. The minimum absolute atomic E-state index is 0.129. The molecule has 1 fully saturated rings. The van der Waals surface area contributed by atoms with E-state index in [0.717, 1.165) is 5.56 Å². The molecular formula is C20H26O6. The molecule has 6 nitrogen and oxygen atoms in total. The van der Waals surface area contributed by atoms with E-state index in [1.807, 2.05) is 19.1 Å². The van der Waals surface area contributed by atoms with E-state index in [-0.39, 0.29) is 19.6 Å². The normalized spacial score (nSPS) is 28.5. The Morgan fingerprint density at radius 1 is 1.12 bits per heavy atom. The molecule has 0 saturated heterocycles. The van der Waals surface area contributed by atoms with Crippen LogP contribution in [0.15, 0.2) is 24.3 Å². The molecule has 0 heterocycles. The third kappa shape index (κ3) is 3.96. The van der Waals surface area contributed by atoms with Gasteiger partial charge in [-0.2, -0.15) is 0 Å². The largest absolute Gasteiger partial charge is 0.466 e. The zero-order valence-corrected chi connectivity index (χ0v) is 15.7. The number of rotatable bonds is 5. The Kier molecular flexibility index (Phi) is 6.18. The number of Topliss-reactive ketones (excluding diaryl/α,β-unsaturated/α-hetero) is 1. The van der Waals surface area contributed by atoms with E-state index in [0.29, 0.717) is 5.56 Å². The van der Waals surface area contributed by atoms with Gasteiger partial charge in [0.25, 0.3) is 0 Å². The molecule has 142 valence electrons. The van der Waals surface area contributed by atoms with Crippen molar-refractivity contribution in [2.45, 2.75) is 45.6 Å². The van der Waals surface area contributed by atoms with Gasteiger partial charge in [0.2, 0.25) is 0 Å². The summed E-state index contributed by atoms with van der Waals surface area (Å²) in [6.45, 7) is 6.95. The Morgan fingerprint density at radius 2 is 1.65 bits per heavy atom. The van der Waals surface area contributed by atoms with Crippen molar-refractivity contribution in [2.75, 3.05) is 13.2 Å². The van der Waals surface area contributed by atoms with Gasteiger partial charge >= 0.3 is 11.9 Å². The summed E-state index contributed by atoms with van der Waals surface area (Å²) in [5, 5.41) is 10.8. The number of ketones is 1. The van der Waals surface area contributed by atoms with Crippen molar-refractivity contribution >= 4 is 17.7 Å². The lowest BCUT2D eigenvalue weighted by molar-refractivity contribution is -0.172. The molecule has 2 rings (SSSR count). The predicted molar refractivity (Wildman–Crippen MR) is 94.4 cm³/mol. The SMILES string of the molecule is CCOC(=O)[C@@H]1C(=O)C[C@](C)(O)[C@H](C(=O)OCC)[C@H]1c1ccc(C)cc1. The van der Waals surface area contributed by atoms with E-state index in [4.69, 9.17) is 9.47 Å². The summed E-state index contributed by atoms with van der Waals surface area (Å²) in [7, 11) is 0. The van der Waals surface area contributed by atoms with Gasteiger partial charge in [0.1, 0.15) is 5.92 Å². The van der Waals surface area contributed by atoms with Crippen molar-refractivity contribution in [2.24, 2.45) is 11.8 Å². The van der Waals surface area contributed by atoms with Gasteiger partial charge in [-0.1, -0.05) is 29.8 Å². The topological polar surface area (TPSA) is 89.9 Å². The highest BCUT2D eigenvalue weighted by atomic mass is 16.5. The molecule has 1 saturated carbocycles. The maximum Gasteiger partial charge on any atom is 0.317 e. The van der Waals surface area contributed by atoms with Gasteiger partial charge in [-0.3, -0.25) is 14.4 Å². The van der Waals surface area contributed by atoms with E-state index < -0.39 is 41.1 Å². The molecule has 0 unspecified atom stereocenters. The Balaban J connectivity index is 2.59. The molecule has 0 radical (unpaired) electrons. The lowest BCUT2D eigenvalue weighted by Gasteiger charge is -2.43. The van der Waals surface area contributed by atoms with Crippen LogP contribution in [-0.4, -0.2) is 41.6 Å². The molecular weight excluding hydrogens is 336 g/mol. The second kappa shape index (κ2) is 7.99. The molecule has 4 atom stereocenters. The highest BCUT2D eigenvalue weighted by molar-refractivity contribution is 6.02. The zero-order valence-electron chi connectivity index (χ0n) is 15.7. The van der Waals surface area contributed by atoms with E-state index in [2.05, 4.69) is 0 Å². The number of benzene rings is 1. The first-order valence-electron chi connectivity index (χ1n) is 8.87. The lowest BCUT2D eigenvalue weighted by Crippen LogP contribution is -2.55. The minimum Gasteiger partial charge on any atom is -0.466 e. The number of carbonyl (C=O) groups excluding carboxylic acids is 3. The van der Waals surface area contributed by atoms with Crippen molar-refractivity contribution in [3.05, 3.63) is 35.4 Å². The summed E-state index contributed by atoms with van der Waals surface area (Å²) in [5.74, 6) is -4.76. The number of hydrogen-bond acceptors (Lipinski definition) is 6. The summed E-state index contributed by atoms with van der Waals surface area (Å²) in [6.07, 6.45) is -0.303. The van der Waals surface area contributed by atoms with Crippen LogP contribution in [0.2, 0.25) is 0 Å². The van der Waals surface area contributed by atoms with Crippen LogP contribution in [0.4, 0.5) is 0 Å². The van der Waals surface area contributed by atoms with Gasteiger partial charge in [0.05, 0.1) is 24.7 Å². The first kappa shape index (κ1) is 20.1. The van der Waals surface area contributed by atoms with Crippen molar-refractivity contribution in [1.29, 1.82) is 0 Å². The van der Waals surface area contributed by atoms with Crippen molar-refractivity contribution in [1.82, 2.24) is 0 Å². The molecule has 26 heavy (non-hydrogen) atoms. The maximum atomic E-state index is 12.7. The number of ether oxygens (including phenoxy) is 2. The Morgan fingerprint density at radius 3 is 2.19 bits per heavy atom. The molecule has 0 spiro atoms. The first-order valence-corrected chi connectivity index (χ1v) is 8.87. The molecule has 1 aliphatic carbocycles. The standard InChI is InChI=1S/C20H26O6/c1-5-25-18(22)16-14(21)11-20(4,24)17(19(23)26-6-2)15(16)13-9-7-12(3)8-10-13/h7-10,15-17,24H,5-6,11H2,1-4H3/t15-,16+,17-,20-/m0/s1. The van der Waals surface area contributed by atoms with Crippen LogP contribution in [0.3, 0.4) is 0 Å². The van der Waals surface area contributed by atoms with Crippen LogP contribution in [0.1, 0.15) is 44.2 Å². The lowest BCUT2D eigenvalue weighted by atomic mass is 9.61. The smallest absolute Gasteiger partial charge is 0.317 e.